The molecule has 39 heavy (non-hydrogen) atoms. The number of hydrogen-bond donors (Lipinski definition) is 2. The third-order valence-electron chi connectivity index (χ3n) is 6.43. The Morgan fingerprint density at radius 3 is 2.54 bits per heavy atom. The summed E-state index contributed by atoms with van der Waals surface area (Å²) in [4.78, 5) is 28.3. The minimum Gasteiger partial charge on any atom is -0.481 e. The smallest absolute Gasteiger partial charge is 0.305 e. The molecule has 5 aromatic rings. The van der Waals surface area contributed by atoms with Crippen LogP contribution in [0, 0.1) is 0 Å². The maximum absolute atomic E-state index is 12.6. The summed E-state index contributed by atoms with van der Waals surface area (Å²) in [5.41, 5.74) is 4.69. The van der Waals surface area contributed by atoms with E-state index >= 15 is 0 Å². The lowest BCUT2D eigenvalue weighted by molar-refractivity contribution is -0.136. The van der Waals surface area contributed by atoms with Crippen molar-refractivity contribution in [3.8, 4) is 22.9 Å². The molecular formula is C30H25Cl2N3O4. The molecule has 198 valence electrons. The van der Waals surface area contributed by atoms with Crippen LogP contribution in [0.15, 0.2) is 77.2 Å². The number of carbonyl (C=O) groups is 2. The van der Waals surface area contributed by atoms with Gasteiger partial charge in [0.05, 0.1) is 22.5 Å². The van der Waals surface area contributed by atoms with E-state index in [0.29, 0.717) is 40.0 Å². The molecule has 0 unspecified atom stereocenters. The van der Waals surface area contributed by atoms with E-state index in [1.165, 1.54) is 0 Å². The van der Waals surface area contributed by atoms with Crippen molar-refractivity contribution >= 4 is 46.1 Å². The summed E-state index contributed by atoms with van der Waals surface area (Å²) in [6.45, 7) is 2.60. The first-order valence-electron chi connectivity index (χ1n) is 12.5. The highest BCUT2D eigenvalue weighted by molar-refractivity contribution is 6.33. The van der Waals surface area contributed by atoms with E-state index in [2.05, 4.69) is 18.3 Å². The average Bonchev–Trinajstić information content (AvgIpc) is 3.54. The zero-order chi connectivity index (χ0) is 27.5. The fraction of sp³-hybridized carbons (Fsp3) is 0.167. The second-order valence-corrected chi connectivity index (χ2v) is 9.86. The number of furan rings is 1. The number of benzene rings is 3. The first-order valence-corrected chi connectivity index (χ1v) is 13.2. The van der Waals surface area contributed by atoms with Crippen molar-refractivity contribution in [1.82, 2.24) is 14.9 Å². The van der Waals surface area contributed by atoms with Crippen molar-refractivity contribution in [2.75, 3.05) is 6.54 Å². The van der Waals surface area contributed by atoms with Gasteiger partial charge in [-0.25, -0.2) is 4.98 Å². The van der Waals surface area contributed by atoms with Crippen LogP contribution in [0.5, 0.6) is 0 Å². The maximum Gasteiger partial charge on any atom is 0.305 e. The molecule has 5 rings (SSSR count). The first kappa shape index (κ1) is 26.5. The molecule has 2 N–H and O–H groups in total. The summed E-state index contributed by atoms with van der Waals surface area (Å²) in [6.07, 6.45) is 0.657. The molecule has 3 aromatic carbocycles. The van der Waals surface area contributed by atoms with Gasteiger partial charge in [-0.15, -0.1) is 0 Å². The lowest BCUT2D eigenvalue weighted by atomic mass is 10.1. The number of halogens is 2. The summed E-state index contributed by atoms with van der Waals surface area (Å²) >= 11 is 12.8. The van der Waals surface area contributed by atoms with Gasteiger partial charge >= 0.3 is 5.97 Å². The Morgan fingerprint density at radius 2 is 1.77 bits per heavy atom. The van der Waals surface area contributed by atoms with Gasteiger partial charge in [0.25, 0.3) is 5.91 Å². The van der Waals surface area contributed by atoms with Gasteiger partial charge in [-0.1, -0.05) is 54.4 Å². The fourth-order valence-electron chi connectivity index (χ4n) is 4.45. The molecule has 9 heteroatoms. The number of amides is 1. The molecule has 0 aliphatic rings. The largest absolute Gasteiger partial charge is 0.481 e. The summed E-state index contributed by atoms with van der Waals surface area (Å²) in [5.74, 6) is 0.432. The molecule has 2 heterocycles. The van der Waals surface area contributed by atoms with E-state index in [0.717, 1.165) is 33.7 Å². The normalized spacial score (nSPS) is 11.2. The van der Waals surface area contributed by atoms with E-state index in [9.17, 15) is 9.59 Å². The predicted molar refractivity (Wildman–Crippen MR) is 152 cm³/mol. The summed E-state index contributed by atoms with van der Waals surface area (Å²) in [7, 11) is 0. The summed E-state index contributed by atoms with van der Waals surface area (Å²) < 4.78 is 8.28. The minimum absolute atomic E-state index is 0.0411. The van der Waals surface area contributed by atoms with Crippen LogP contribution in [0.25, 0.3) is 33.9 Å². The molecule has 0 aliphatic heterocycles. The first-order chi connectivity index (χ1) is 18.8. The Bertz CT molecular complexity index is 1690. The van der Waals surface area contributed by atoms with Crippen LogP contribution in [0.1, 0.15) is 34.8 Å². The molecule has 1 amide bonds. The maximum atomic E-state index is 12.6. The molecule has 0 saturated carbocycles. The summed E-state index contributed by atoms with van der Waals surface area (Å²) in [5, 5.41) is 12.8. The van der Waals surface area contributed by atoms with Gasteiger partial charge in [-0.05, 0) is 66.1 Å². The second-order valence-electron chi connectivity index (χ2n) is 9.05. The Labute approximate surface area is 235 Å². The van der Waals surface area contributed by atoms with Gasteiger partial charge in [0.1, 0.15) is 5.76 Å². The van der Waals surface area contributed by atoms with E-state index in [1.54, 1.807) is 12.1 Å². The van der Waals surface area contributed by atoms with Crippen LogP contribution in [-0.2, 0) is 17.8 Å². The zero-order valence-corrected chi connectivity index (χ0v) is 22.6. The molecule has 0 atom stereocenters. The van der Waals surface area contributed by atoms with Gasteiger partial charge in [-0.3, -0.25) is 9.59 Å². The van der Waals surface area contributed by atoms with Crippen LogP contribution < -0.4 is 5.32 Å². The molecule has 0 spiro atoms. The van der Waals surface area contributed by atoms with Gasteiger partial charge in [-0.2, -0.15) is 0 Å². The Morgan fingerprint density at radius 1 is 0.974 bits per heavy atom. The number of aromatic nitrogens is 2. The SMILES string of the molecule is CCc1cc(Cn2c(-c3ccc(-c4ccccc4Cl)o3)nc3cc(C(=O)NCCC(=O)O)ccc32)ccc1Cl. The van der Waals surface area contributed by atoms with E-state index < -0.39 is 5.97 Å². The number of aryl methyl sites for hydroxylation is 1. The van der Waals surface area contributed by atoms with Crippen molar-refractivity contribution in [1.29, 1.82) is 0 Å². The topological polar surface area (TPSA) is 97.4 Å². The number of nitrogens with one attached hydrogen (secondary N) is 1. The van der Waals surface area contributed by atoms with E-state index in [-0.39, 0.29) is 18.9 Å². The highest BCUT2D eigenvalue weighted by Crippen LogP contribution is 2.34. The van der Waals surface area contributed by atoms with Gasteiger partial charge < -0.3 is 19.4 Å². The van der Waals surface area contributed by atoms with Gasteiger partial charge in [0.2, 0.25) is 0 Å². The van der Waals surface area contributed by atoms with Crippen LogP contribution in [0.2, 0.25) is 10.0 Å². The van der Waals surface area contributed by atoms with Gasteiger partial charge in [0, 0.05) is 29.2 Å². The molecule has 0 saturated heterocycles. The standard InChI is InChI=1S/C30H25Cl2N3O4/c1-2-19-15-18(7-9-22(19)31)17-35-25-10-8-20(30(38)33-14-13-28(36)37)16-24(25)34-29(35)27-12-11-26(39-27)21-5-3-4-6-23(21)32/h3-12,15-16H,2,13-14,17H2,1H3,(H,33,38)(H,36,37). The van der Waals surface area contributed by atoms with Crippen molar-refractivity contribution < 1.29 is 19.1 Å². The number of fused-ring (bicyclic) bond motifs is 1. The van der Waals surface area contributed by atoms with Crippen molar-refractivity contribution in [3.05, 3.63) is 99.5 Å². The van der Waals surface area contributed by atoms with Crippen LogP contribution in [0.4, 0.5) is 0 Å². The zero-order valence-electron chi connectivity index (χ0n) is 21.1. The fourth-order valence-corrected chi connectivity index (χ4v) is 4.93. The highest BCUT2D eigenvalue weighted by Gasteiger charge is 2.19. The number of carboxylic acids is 1. The van der Waals surface area contributed by atoms with Crippen molar-refractivity contribution in [2.24, 2.45) is 0 Å². The second kappa shape index (κ2) is 11.4. The Hall–Kier alpha value is -4.07. The Kier molecular flexibility index (Phi) is 7.72. The number of rotatable bonds is 9. The van der Waals surface area contributed by atoms with Crippen LogP contribution in [-0.4, -0.2) is 33.1 Å². The molecule has 0 radical (unpaired) electrons. The third kappa shape index (κ3) is 5.70. The molecule has 0 aliphatic carbocycles. The van der Waals surface area contributed by atoms with E-state index in [1.807, 2.05) is 59.2 Å². The van der Waals surface area contributed by atoms with Crippen LogP contribution in [0.3, 0.4) is 0 Å². The quantitative estimate of drug-likeness (QED) is 0.200. The molecule has 0 fully saturated rings. The number of hydrogen-bond acceptors (Lipinski definition) is 4. The number of nitrogens with zero attached hydrogens (tertiary/aromatic N) is 2. The number of aliphatic carboxylic acids is 1. The lowest BCUT2D eigenvalue weighted by Gasteiger charge is -2.11. The van der Waals surface area contributed by atoms with Crippen LogP contribution >= 0.6 is 23.2 Å². The summed E-state index contributed by atoms with van der Waals surface area (Å²) in [6, 6.07) is 22.4. The third-order valence-corrected chi connectivity index (χ3v) is 7.13. The van der Waals surface area contributed by atoms with E-state index in [4.69, 9.17) is 37.7 Å². The predicted octanol–water partition coefficient (Wildman–Crippen LogP) is 7.09. The molecule has 7 nitrogen and oxygen atoms in total. The molecule has 2 aromatic heterocycles. The van der Waals surface area contributed by atoms with Gasteiger partial charge in [0.15, 0.2) is 11.6 Å². The van der Waals surface area contributed by atoms with Crippen molar-refractivity contribution in [2.45, 2.75) is 26.3 Å². The number of carbonyl (C=O) groups excluding carboxylic acids is 1. The Balaban J connectivity index is 1.57. The minimum atomic E-state index is -0.975. The highest BCUT2D eigenvalue weighted by atomic mass is 35.5. The molecule has 0 bridgehead atoms. The average molecular weight is 562 g/mol. The lowest BCUT2D eigenvalue weighted by Crippen LogP contribution is -2.25. The number of imidazole rings is 1. The monoisotopic (exact) mass is 561 g/mol. The molecular weight excluding hydrogens is 537 g/mol. The number of carboxylic acid groups (broad SMARTS) is 1. The van der Waals surface area contributed by atoms with Crippen molar-refractivity contribution in [3.63, 3.8) is 0 Å².